The van der Waals surface area contributed by atoms with E-state index in [1.165, 1.54) is 12.1 Å². The van der Waals surface area contributed by atoms with Crippen molar-refractivity contribution in [3.63, 3.8) is 0 Å². The molecule has 0 aliphatic carbocycles. The molecule has 2 rings (SSSR count). The largest absolute Gasteiger partial charge is 0.509 e. The van der Waals surface area contributed by atoms with Crippen LogP contribution in [0.4, 0.5) is 4.79 Å². The molecule has 7 heteroatoms. The Hall–Kier alpha value is -2.11. The van der Waals surface area contributed by atoms with Crippen molar-refractivity contribution in [3.05, 3.63) is 57.6 Å². The highest BCUT2D eigenvalue weighted by Gasteiger charge is 2.20. The summed E-state index contributed by atoms with van der Waals surface area (Å²) < 4.78 is 10.3. The van der Waals surface area contributed by atoms with Crippen molar-refractivity contribution in [1.82, 2.24) is 0 Å². The molecule has 5 nitrogen and oxygen atoms in total. The number of carbonyl (C=O) groups is 1. The van der Waals surface area contributed by atoms with E-state index in [1.54, 1.807) is 38.1 Å². The van der Waals surface area contributed by atoms with E-state index < -0.39 is 18.4 Å². The van der Waals surface area contributed by atoms with Crippen LogP contribution in [0.25, 0.3) is 0 Å². The second-order valence-electron chi connectivity index (χ2n) is 5.18. The van der Waals surface area contributed by atoms with Crippen molar-refractivity contribution in [2.24, 2.45) is 0 Å². The Balaban J connectivity index is 2.01. The zero-order valence-electron chi connectivity index (χ0n) is 13.0. The summed E-state index contributed by atoms with van der Waals surface area (Å²) in [5.74, 6) is -0.155. The number of hydrogen-bond donors (Lipinski definition) is 2. The van der Waals surface area contributed by atoms with Gasteiger partial charge in [0.2, 0.25) is 0 Å². The average Bonchev–Trinajstić information content (AvgIpc) is 2.46. The van der Waals surface area contributed by atoms with E-state index in [2.05, 4.69) is 0 Å². The summed E-state index contributed by atoms with van der Waals surface area (Å²) in [6.07, 6.45) is -2.40. The molecule has 0 aliphatic rings. The van der Waals surface area contributed by atoms with Crippen LogP contribution in [0.3, 0.4) is 0 Å². The predicted octanol–water partition coefficient (Wildman–Crippen LogP) is 5.38. The minimum atomic E-state index is -0.932. The monoisotopic (exact) mass is 370 g/mol. The minimum Gasteiger partial charge on any atom is -0.507 e. The van der Waals surface area contributed by atoms with Gasteiger partial charge in [-0.3, -0.25) is 0 Å². The third-order valence-electron chi connectivity index (χ3n) is 3.41. The highest BCUT2D eigenvalue weighted by molar-refractivity contribution is 6.31. The number of carbonyl (C=O) groups excluding carboxylic acids is 1. The predicted molar refractivity (Wildman–Crippen MR) is 90.6 cm³/mol. The van der Waals surface area contributed by atoms with Gasteiger partial charge in [0.15, 0.2) is 0 Å². The Kier molecular flexibility index (Phi) is 5.80. The fourth-order valence-corrected chi connectivity index (χ4v) is 2.50. The fraction of sp³-hybridized carbons (Fsp3) is 0.235. The van der Waals surface area contributed by atoms with Gasteiger partial charge < -0.3 is 19.7 Å². The number of aromatic hydroxyl groups is 2. The summed E-state index contributed by atoms with van der Waals surface area (Å²) in [4.78, 5) is 11.9. The lowest BCUT2D eigenvalue weighted by molar-refractivity contribution is 0.00540. The van der Waals surface area contributed by atoms with Gasteiger partial charge in [-0.05, 0) is 38.1 Å². The third-order valence-corrected chi connectivity index (χ3v) is 3.88. The molecule has 0 radical (unpaired) electrons. The summed E-state index contributed by atoms with van der Waals surface area (Å²) in [5, 5.41) is 20.4. The zero-order chi connectivity index (χ0) is 17.9. The Bertz CT molecular complexity index is 686. The van der Waals surface area contributed by atoms with Crippen LogP contribution in [-0.2, 0) is 9.47 Å². The topological polar surface area (TPSA) is 76.0 Å². The molecule has 24 heavy (non-hydrogen) atoms. The van der Waals surface area contributed by atoms with Gasteiger partial charge in [-0.2, -0.15) is 0 Å². The quantitative estimate of drug-likeness (QED) is 0.706. The van der Waals surface area contributed by atoms with Gasteiger partial charge in [-0.25, -0.2) is 4.79 Å². The van der Waals surface area contributed by atoms with Gasteiger partial charge >= 0.3 is 6.16 Å². The number of benzene rings is 2. The minimum absolute atomic E-state index is 0.0776. The Morgan fingerprint density at radius 2 is 1.25 bits per heavy atom. The number of phenols is 2. The van der Waals surface area contributed by atoms with Crippen LogP contribution < -0.4 is 0 Å². The summed E-state index contributed by atoms with van der Waals surface area (Å²) >= 11 is 11.5. The summed E-state index contributed by atoms with van der Waals surface area (Å²) in [5.41, 5.74) is 0.802. The average molecular weight is 371 g/mol. The number of hydrogen-bond acceptors (Lipinski definition) is 5. The van der Waals surface area contributed by atoms with E-state index in [1.807, 2.05) is 0 Å². The number of ether oxygens (including phenoxy) is 2. The molecule has 2 atom stereocenters. The highest BCUT2D eigenvalue weighted by atomic mass is 35.5. The lowest BCUT2D eigenvalue weighted by Crippen LogP contribution is -2.13. The van der Waals surface area contributed by atoms with E-state index >= 15 is 0 Å². The maximum Gasteiger partial charge on any atom is 0.509 e. The molecule has 0 aromatic heterocycles. The molecule has 0 saturated carbocycles. The van der Waals surface area contributed by atoms with Crippen LogP contribution in [0, 0.1) is 0 Å². The fourth-order valence-electron chi connectivity index (χ4n) is 2.16. The van der Waals surface area contributed by atoms with Gasteiger partial charge in [0.05, 0.1) is 0 Å². The van der Waals surface area contributed by atoms with Crippen LogP contribution in [0.2, 0.25) is 10.0 Å². The number of halogens is 2. The van der Waals surface area contributed by atoms with E-state index in [0.717, 1.165) is 0 Å². The summed E-state index contributed by atoms with van der Waals surface area (Å²) in [7, 11) is 0. The molecule has 0 spiro atoms. The normalized spacial score (nSPS) is 13.2. The first-order chi connectivity index (χ1) is 11.3. The Labute approximate surface area is 149 Å². The summed E-state index contributed by atoms with van der Waals surface area (Å²) in [6, 6.07) is 8.99. The zero-order valence-corrected chi connectivity index (χ0v) is 14.5. The van der Waals surface area contributed by atoms with Crippen molar-refractivity contribution in [1.29, 1.82) is 0 Å². The molecule has 2 N–H and O–H groups in total. The van der Waals surface area contributed by atoms with Crippen LogP contribution in [0.5, 0.6) is 11.5 Å². The molecular weight excluding hydrogens is 355 g/mol. The lowest BCUT2D eigenvalue weighted by Gasteiger charge is -2.18. The van der Waals surface area contributed by atoms with Crippen LogP contribution >= 0.6 is 23.2 Å². The van der Waals surface area contributed by atoms with E-state index in [9.17, 15) is 15.0 Å². The molecule has 0 amide bonds. The number of rotatable bonds is 4. The molecule has 0 aliphatic heterocycles. The molecule has 0 bridgehead atoms. The first kappa shape index (κ1) is 18.2. The van der Waals surface area contributed by atoms with Gasteiger partial charge in [0, 0.05) is 21.2 Å². The van der Waals surface area contributed by atoms with E-state index in [0.29, 0.717) is 21.2 Å². The van der Waals surface area contributed by atoms with Crippen molar-refractivity contribution < 1.29 is 24.5 Å². The van der Waals surface area contributed by atoms with Crippen LogP contribution in [-0.4, -0.2) is 16.4 Å². The molecule has 0 saturated heterocycles. The highest BCUT2D eigenvalue weighted by Crippen LogP contribution is 2.32. The van der Waals surface area contributed by atoms with Crippen LogP contribution in [0.15, 0.2) is 36.4 Å². The first-order valence-corrected chi connectivity index (χ1v) is 7.87. The standard InChI is InChI=1S/C17H16Cl2O5/c1-9(13-5-3-11(18)7-15(13)20)23-17(22)24-10(2)14-6-4-12(19)8-16(14)21/h3-10,20-21H,1-2H3. The maximum atomic E-state index is 11.9. The van der Waals surface area contributed by atoms with E-state index in [-0.39, 0.29) is 11.5 Å². The van der Waals surface area contributed by atoms with Gasteiger partial charge in [-0.15, -0.1) is 0 Å². The molecule has 2 aromatic carbocycles. The molecular formula is C17H16Cl2O5. The van der Waals surface area contributed by atoms with E-state index in [4.69, 9.17) is 32.7 Å². The molecule has 2 aromatic rings. The molecule has 0 heterocycles. The smallest absolute Gasteiger partial charge is 0.507 e. The summed E-state index contributed by atoms with van der Waals surface area (Å²) in [6.45, 7) is 3.18. The van der Waals surface area contributed by atoms with Crippen molar-refractivity contribution >= 4 is 29.4 Å². The Morgan fingerprint density at radius 1 is 0.875 bits per heavy atom. The maximum absolute atomic E-state index is 11.9. The van der Waals surface area contributed by atoms with Crippen molar-refractivity contribution in [2.75, 3.05) is 0 Å². The van der Waals surface area contributed by atoms with Crippen molar-refractivity contribution in [3.8, 4) is 11.5 Å². The van der Waals surface area contributed by atoms with Gasteiger partial charge in [0.25, 0.3) is 0 Å². The third kappa shape index (κ3) is 4.46. The SMILES string of the molecule is CC(OC(=O)OC(C)c1ccc(Cl)cc1O)c1ccc(Cl)cc1O. The van der Waals surface area contributed by atoms with Crippen LogP contribution in [0.1, 0.15) is 37.2 Å². The molecule has 0 fully saturated rings. The second-order valence-corrected chi connectivity index (χ2v) is 6.05. The lowest BCUT2D eigenvalue weighted by atomic mass is 10.1. The van der Waals surface area contributed by atoms with Gasteiger partial charge in [0.1, 0.15) is 23.7 Å². The molecule has 2 unspecified atom stereocenters. The number of phenolic OH excluding ortho intramolecular Hbond substituents is 2. The molecule has 128 valence electrons. The second kappa shape index (κ2) is 7.64. The Morgan fingerprint density at radius 3 is 1.58 bits per heavy atom. The first-order valence-electron chi connectivity index (χ1n) is 7.12. The van der Waals surface area contributed by atoms with Crippen molar-refractivity contribution in [2.45, 2.75) is 26.1 Å². The van der Waals surface area contributed by atoms with Gasteiger partial charge in [-0.1, -0.05) is 35.3 Å².